The number of rotatable bonds is 6. The molecule has 4 aromatic rings. The van der Waals surface area contributed by atoms with Crippen LogP contribution in [0, 0.1) is 12.3 Å². The van der Waals surface area contributed by atoms with Crippen molar-refractivity contribution in [1.29, 1.82) is 0 Å². The van der Waals surface area contributed by atoms with Crippen LogP contribution in [0.2, 0.25) is 0 Å². The summed E-state index contributed by atoms with van der Waals surface area (Å²) in [6.07, 6.45) is 22.6. The Kier molecular flexibility index (Phi) is 9.81. The van der Waals surface area contributed by atoms with Gasteiger partial charge in [-0.3, -0.25) is 0 Å². The van der Waals surface area contributed by atoms with E-state index < -0.39 is 0 Å². The second kappa shape index (κ2) is 14.6. The van der Waals surface area contributed by atoms with Gasteiger partial charge in [0.05, 0.1) is 6.04 Å². The Morgan fingerprint density at radius 3 is 1.97 bits per heavy atom. The standard InChI is InChI=1S/C57H65BN2/c1-38-34-51-53-52(35-38)60(46-30-24-42(25-31-46)56(8,9)40-18-14-12-15-19-40)49-32-26-43(55(5,6)7)36-47(49)58(53)48-37-44(57(10,11)41-20-16-13-17-21-41)27-33-50(48)59(51)45-28-22-39(23-29-45)54(2,3)4/h12,14-16,18-24,26-30,32,34-37,50H,13,17,25,31,33H2,1-11H3. The van der Waals surface area contributed by atoms with Gasteiger partial charge in [-0.2, -0.15) is 0 Å². The number of aryl methyl sites for hydroxylation is 1. The Morgan fingerprint density at radius 2 is 1.32 bits per heavy atom. The summed E-state index contributed by atoms with van der Waals surface area (Å²) in [5.74, 6) is 0. The molecule has 2 nitrogen and oxygen atoms in total. The Hall–Kier alpha value is -5.02. The first-order chi connectivity index (χ1) is 28.4. The minimum absolute atomic E-state index is 0.0176. The molecular weight excluding hydrogens is 723 g/mol. The SMILES string of the molecule is Cc1cc2c3c(c1)N(c1ccc(C(C)(C)C)cc1)C1CC=C(C(C)(C)C4=CCCC=C4)C=C1B3c1cc(C(C)(C)C)ccc1N2C1=CC=C(C(C)(C)c2ccccc2)CC1. The van der Waals surface area contributed by atoms with Crippen LogP contribution >= 0.6 is 0 Å². The highest BCUT2D eigenvalue weighted by Crippen LogP contribution is 2.50. The third kappa shape index (κ3) is 6.81. The maximum Gasteiger partial charge on any atom is 0.247 e. The molecule has 3 aliphatic carbocycles. The van der Waals surface area contributed by atoms with Crippen molar-refractivity contribution in [2.24, 2.45) is 5.41 Å². The van der Waals surface area contributed by atoms with Crippen LogP contribution in [0.25, 0.3) is 0 Å². The average molecular weight is 789 g/mol. The van der Waals surface area contributed by atoms with Crippen molar-refractivity contribution < 1.29 is 0 Å². The highest BCUT2D eigenvalue weighted by atomic mass is 15.2. The minimum atomic E-state index is -0.0915. The topological polar surface area (TPSA) is 6.48 Å². The van der Waals surface area contributed by atoms with Crippen molar-refractivity contribution in [3.05, 3.63) is 178 Å². The summed E-state index contributed by atoms with van der Waals surface area (Å²) >= 11 is 0. The van der Waals surface area contributed by atoms with Crippen molar-refractivity contribution in [1.82, 2.24) is 0 Å². The molecule has 2 aliphatic heterocycles. The van der Waals surface area contributed by atoms with E-state index in [1.807, 2.05) is 0 Å². The number of nitrogens with zero attached hydrogens (tertiary/aromatic N) is 2. The van der Waals surface area contributed by atoms with Gasteiger partial charge in [0, 0.05) is 39.3 Å². The third-order valence-corrected chi connectivity index (χ3v) is 14.6. The van der Waals surface area contributed by atoms with Crippen LogP contribution in [0.3, 0.4) is 0 Å². The highest BCUT2D eigenvalue weighted by Gasteiger charge is 2.48. The first-order valence-electron chi connectivity index (χ1n) is 22.7. The molecule has 0 saturated carbocycles. The molecule has 3 heteroatoms. The van der Waals surface area contributed by atoms with E-state index in [1.165, 1.54) is 83.8 Å². The van der Waals surface area contributed by atoms with Gasteiger partial charge in [0.15, 0.2) is 0 Å². The molecule has 1 atom stereocenters. The normalized spacial score (nSPS) is 19.1. The first-order valence-corrected chi connectivity index (χ1v) is 22.7. The largest absolute Gasteiger partial charge is 0.335 e. The predicted octanol–water partition coefficient (Wildman–Crippen LogP) is 13.9. The fourth-order valence-corrected chi connectivity index (χ4v) is 10.7. The van der Waals surface area contributed by atoms with E-state index in [4.69, 9.17) is 0 Å². The average Bonchev–Trinajstić information content (AvgIpc) is 3.23. The van der Waals surface area contributed by atoms with E-state index in [9.17, 15) is 0 Å². The van der Waals surface area contributed by atoms with Crippen LogP contribution in [0.5, 0.6) is 0 Å². The number of benzene rings is 4. The van der Waals surface area contributed by atoms with Gasteiger partial charge in [0.1, 0.15) is 0 Å². The van der Waals surface area contributed by atoms with E-state index in [0.29, 0.717) is 0 Å². The zero-order valence-corrected chi connectivity index (χ0v) is 38.2. The summed E-state index contributed by atoms with van der Waals surface area (Å²) in [6.45, 7) is 26.1. The van der Waals surface area contributed by atoms with Crippen LogP contribution in [0.4, 0.5) is 22.7 Å². The minimum Gasteiger partial charge on any atom is -0.335 e. The third-order valence-electron chi connectivity index (χ3n) is 14.6. The van der Waals surface area contributed by atoms with Gasteiger partial charge in [-0.25, -0.2) is 0 Å². The number of hydrogen-bond acceptors (Lipinski definition) is 2. The molecule has 306 valence electrons. The Bertz CT molecular complexity index is 2540. The summed E-state index contributed by atoms with van der Waals surface area (Å²) in [6, 6.07) is 33.2. The van der Waals surface area contributed by atoms with Crippen molar-refractivity contribution in [3.8, 4) is 0 Å². The van der Waals surface area contributed by atoms with E-state index in [0.717, 1.165) is 32.1 Å². The van der Waals surface area contributed by atoms with Crippen molar-refractivity contribution in [2.75, 3.05) is 9.80 Å². The van der Waals surface area contributed by atoms with Crippen LogP contribution in [0.1, 0.15) is 124 Å². The molecule has 2 heterocycles. The van der Waals surface area contributed by atoms with Gasteiger partial charge in [0.25, 0.3) is 0 Å². The molecule has 1 unspecified atom stereocenters. The lowest BCUT2D eigenvalue weighted by Gasteiger charge is -2.50. The molecule has 0 saturated heterocycles. The second-order valence-corrected chi connectivity index (χ2v) is 21.3. The van der Waals surface area contributed by atoms with E-state index in [-0.39, 0.29) is 34.4 Å². The van der Waals surface area contributed by atoms with E-state index in [1.54, 1.807) is 0 Å². The zero-order valence-electron chi connectivity index (χ0n) is 38.2. The van der Waals surface area contributed by atoms with Gasteiger partial charge in [-0.05, 0) is 131 Å². The molecule has 0 fully saturated rings. The molecular formula is C57H65BN2. The van der Waals surface area contributed by atoms with Crippen molar-refractivity contribution in [2.45, 2.75) is 131 Å². The molecule has 0 aromatic heterocycles. The van der Waals surface area contributed by atoms with Gasteiger partial charge in [0.2, 0.25) is 6.71 Å². The molecule has 9 rings (SSSR count). The predicted molar refractivity (Wildman–Crippen MR) is 260 cm³/mol. The van der Waals surface area contributed by atoms with Crippen molar-refractivity contribution in [3.63, 3.8) is 0 Å². The number of fused-ring (bicyclic) bond motifs is 4. The van der Waals surface area contributed by atoms with Gasteiger partial charge in [-0.15, -0.1) is 0 Å². The highest BCUT2D eigenvalue weighted by molar-refractivity contribution is 6.95. The Balaban J connectivity index is 1.28. The monoisotopic (exact) mass is 789 g/mol. The van der Waals surface area contributed by atoms with E-state index >= 15 is 0 Å². The summed E-state index contributed by atoms with van der Waals surface area (Å²) in [4.78, 5) is 5.38. The zero-order chi connectivity index (χ0) is 42.4. The van der Waals surface area contributed by atoms with Gasteiger partial charge in [-0.1, -0.05) is 171 Å². The Morgan fingerprint density at radius 1 is 0.617 bits per heavy atom. The maximum atomic E-state index is 2.72. The summed E-state index contributed by atoms with van der Waals surface area (Å²) < 4.78 is 0. The molecule has 4 aromatic carbocycles. The summed E-state index contributed by atoms with van der Waals surface area (Å²) in [5, 5.41) is 0. The molecule has 0 amide bonds. The van der Waals surface area contributed by atoms with E-state index in [2.05, 4.69) is 213 Å². The first kappa shape index (κ1) is 40.4. The molecule has 0 N–H and O–H groups in total. The van der Waals surface area contributed by atoms with Crippen LogP contribution in [0.15, 0.2) is 155 Å². The lowest BCUT2D eigenvalue weighted by atomic mass is 9.31. The van der Waals surface area contributed by atoms with Crippen molar-refractivity contribution >= 4 is 40.4 Å². The van der Waals surface area contributed by atoms with Crippen LogP contribution in [-0.2, 0) is 16.2 Å². The molecule has 5 aliphatic rings. The fraction of sp³-hybridized carbons (Fsp3) is 0.368. The summed E-state index contributed by atoms with van der Waals surface area (Å²) in [7, 11) is 0. The van der Waals surface area contributed by atoms with Crippen LogP contribution in [-0.4, -0.2) is 12.8 Å². The Labute approximate surface area is 362 Å². The van der Waals surface area contributed by atoms with Crippen LogP contribution < -0.4 is 20.7 Å². The number of hydrogen-bond donors (Lipinski definition) is 0. The second-order valence-electron chi connectivity index (χ2n) is 21.3. The number of anilines is 4. The van der Waals surface area contributed by atoms with Gasteiger partial charge >= 0.3 is 0 Å². The lowest BCUT2D eigenvalue weighted by Crippen LogP contribution is -2.61. The molecule has 0 radical (unpaired) electrons. The lowest BCUT2D eigenvalue weighted by molar-refractivity contribution is 0.550. The maximum absolute atomic E-state index is 2.72. The quantitative estimate of drug-likeness (QED) is 0.180. The van der Waals surface area contributed by atoms with Gasteiger partial charge < -0.3 is 9.80 Å². The smallest absolute Gasteiger partial charge is 0.247 e. The molecule has 0 bridgehead atoms. The number of allylic oxidation sites excluding steroid dienone is 10. The molecule has 0 spiro atoms. The summed E-state index contributed by atoms with van der Waals surface area (Å²) in [5.41, 5.74) is 20.8. The fourth-order valence-electron chi connectivity index (χ4n) is 10.7. The molecule has 60 heavy (non-hydrogen) atoms.